The van der Waals surface area contributed by atoms with E-state index in [1.54, 1.807) is 0 Å². The highest BCUT2D eigenvalue weighted by Crippen LogP contribution is 2.06. The van der Waals surface area contributed by atoms with Gasteiger partial charge in [-0.1, -0.05) is 60.2 Å². The van der Waals surface area contributed by atoms with E-state index in [2.05, 4.69) is 73.8 Å². The first-order valence-electron chi connectivity index (χ1n) is 7.07. The van der Waals surface area contributed by atoms with Crippen molar-refractivity contribution in [3.63, 3.8) is 0 Å². The SMILES string of the molecule is Cc1ccc(CN[C@@H](C)CCc2ccccc2)cc1. The van der Waals surface area contributed by atoms with Crippen molar-refractivity contribution in [1.29, 1.82) is 0 Å². The minimum Gasteiger partial charge on any atom is -0.310 e. The predicted molar refractivity (Wildman–Crippen MR) is 82.2 cm³/mol. The van der Waals surface area contributed by atoms with Crippen LogP contribution in [0.4, 0.5) is 0 Å². The molecule has 2 rings (SSSR count). The van der Waals surface area contributed by atoms with Crippen LogP contribution in [0.1, 0.15) is 30.0 Å². The van der Waals surface area contributed by atoms with Crippen molar-refractivity contribution in [2.75, 3.05) is 0 Å². The molecular formula is C18H23N. The fraction of sp³-hybridized carbons (Fsp3) is 0.333. The molecule has 0 unspecified atom stereocenters. The third-order valence-corrected chi connectivity index (χ3v) is 3.48. The molecule has 0 aliphatic heterocycles. The molecule has 0 aliphatic rings. The Morgan fingerprint density at radius 1 is 0.895 bits per heavy atom. The highest BCUT2D eigenvalue weighted by Gasteiger charge is 2.02. The Hall–Kier alpha value is -1.60. The number of hydrogen-bond donors (Lipinski definition) is 1. The maximum atomic E-state index is 3.59. The van der Waals surface area contributed by atoms with Crippen LogP contribution >= 0.6 is 0 Å². The van der Waals surface area contributed by atoms with Gasteiger partial charge in [-0.15, -0.1) is 0 Å². The summed E-state index contributed by atoms with van der Waals surface area (Å²) in [4.78, 5) is 0. The Morgan fingerprint density at radius 2 is 1.58 bits per heavy atom. The third-order valence-electron chi connectivity index (χ3n) is 3.48. The molecular weight excluding hydrogens is 230 g/mol. The molecule has 0 saturated carbocycles. The molecule has 1 atom stereocenters. The summed E-state index contributed by atoms with van der Waals surface area (Å²) in [6.07, 6.45) is 2.32. The van der Waals surface area contributed by atoms with Gasteiger partial charge in [0.1, 0.15) is 0 Å². The summed E-state index contributed by atoms with van der Waals surface area (Å²) in [7, 11) is 0. The second kappa shape index (κ2) is 7.10. The van der Waals surface area contributed by atoms with Crippen molar-refractivity contribution in [3.05, 3.63) is 71.3 Å². The molecule has 0 aliphatic carbocycles. The van der Waals surface area contributed by atoms with E-state index in [1.165, 1.54) is 23.1 Å². The van der Waals surface area contributed by atoms with Gasteiger partial charge in [0, 0.05) is 12.6 Å². The Balaban J connectivity index is 1.72. The quantitative estimate of drug-likeness (QED) is 0.817. The van der Waals surface area contributed by atoms with Crippen LogP contribution in [-0.4, -0.2) is 6.04 Å². The summed E-state index contributed by atoms with van der Waals surface area (Å²) in [6, 6.07) is 20.0. The van der Waals surface area contributed by atoms with E-state index >= 15 is 0 Å². The van der Waals surface area contributed by atoms with Crippen LogP contribution in [0.5, 0.6) is 0 Å². The van der Waals surface area contributed by atoms with E-state index in [4.69, 9.17) is 0 Å². The van der Waals surface area contributed by atoms with Gasteiger partial charge in [-0.3, -0.25) is 0 Å². The topological polar surface area (TPSA) is 12.0 Å². The Bertz CT molecular complexity index is 473. The van der Waals surface area contributed by atoms with Crippen molar-refractivity contribution in [2.24, 2.45) is 0 Å². The van der Waals surface area contributed by atoms with Gasteiger partial charge in [-0.25, -0.2) is 0 Å². The van der Waals surface area contributed by atoms with Crippen LogP contribution in [0.3, 0.4) is 0 Å². The summed E-state index contributed by atoms with van der Waals surface area (Å²) in [5.74, 6) is 0. The second-order valence-electron chi connectivity index (χ2n) is 5.29. The van der Waals surface area contributed by atoms with Gasteiger partial charge in [0.25, 0.3) is 0 Å². The fourth-order valence-electron chi connectivity index (χ4n) is 2.13. The molecule has 0 fully saturated rings. The molecule has 1 heteroatoms. The number of aryl methyl sites for hydroxylation is 2. The number of hydrogen-bond acceptors (Lipinski definition) is 1. The summed E-state index contributed by atoms with van der Waals surface area (Å²) >= 11 is 0. The molecule has 0 heterocycles. The van der Waals surface area contributed by atoms with Gasteiger partial charge in [-0.2, -0.15) is 0 Å². The lowest BCUT2D eigenvalue weighted by Gasteiger charge is -2.14. The minimum atomic E-state index is 0.543. The van der Waals surface area contributed by atoms with E-state index in [9.17, 15) is 0 Å². The first kappa shape index (κ1) is 13.8. The monoisotopic (exact) mass is 253 g/mol. The molecule has 1 N–H and O–H groups in total. The molecule has 0 aromatic heterocycles. The third kappa shape index (κ3) is 4.88. The lowest BCUT2D eigenvalue weighted by Crippen LogP contribution is -2.25. The second-order valence-corrected chi connectivity index (χ2v) is 5.29. The van der Waals surface area contributed by atoms with Gasteiger partial charge in [0.05, 0.1) is 0 Å². The lowest BCUT2D eigenvalue weighted by molar-refractivity contribution is 0.514. The maximum absolute atomic E-state index is 3.59. The first-order chi connectivity index (χ1) is 9.24. The van der Waals surface area contributed by atoms with Crippen molar-refractivity contribution in [2.45, 2.75) is 39.3 Å². The average Bonchev–Trinajstić information content (AvgIpc) is 2.45. The zero-order chi connectivity index (χ0) is 13.5. The van der Waals surface area contributed by atoms with Gasteiger partial charge < -0.3 is 5.32 Å². The minimum absolute atomic E-state index is 0.543. The normalized spacial score (nSPS) is 12.3. The van der Waals surface area contributed by atoms with Crippen LogP contribution in [0.15, 0.2) is 54.6 Å². The smallest absolute Gasteiger partial charge is 0.0207 e. The zero-order valence-electron chi connectivity index (χ0n) is 11.9. The number of benzene rings is 2. The van der Waals surface area contributed by atoms with Crippen molar-refractivity contribution < 1.29 is 0 Å². The van der Waals surface area contributed by atoms with Crippen LogP contribution in [-0.2, 0) is 13.0 Å². The highest BCUT2D eigenvalue weighted by molar-refractivity contribution is 5.21. The van der Waals surface area contributed by atoms with Crippen LogP contribution in [0.2, 0.25) is 0 Å². The average molecular weight is 253 g/mol. The summed E-state index contributed by atoms with van der Waals surface area (Å²) in [5.41, 5.74) is 4.10. The Labute approximate surface area is 116 Å². The highest BCUT2D eigenvalue weighted by atomic mass is 14.9. The molecule has 0 spiro atoms. The van der Waals surface area contributed by atoms with Crippen molar-refractivity contribution in [1.82, 2.24) is 5.32 Å². The molecule has 2 aromatic rings. The Kier molecular flexibility index (Phi) is 5.17. The van der Waals surface area contributed by atoms with E-state index in [0.29, 0.717) is 6.04 Å². The molecule has 19 heavy (non-hydrogen) atoms. The predicted octanol–water partition coefficient (Wildman–Crippen LogP) is 4.11. The molecule has 100 valence electrons. The molecule has 2 aromatic carbocycles. The summed E-state index contributed by atoms with van der Waals surface area (Å²) in [6.45, 7) is 5.34. The molecule has 1 nitrogen and oxygen atoms in total. The molecule has 0 saturated heterocycles. The maximum Gasteiger partial charge on any atom is 0.0207 e. The van der Waals surface area contributed by atoms with Gasteiger partial charge in [0.15, 0.2) is 0 Å². The Morgan fingerprint density at radius 3 is 2.26 bits per heavy atom. The largest absolute Gasteiger partial charge is 0.310 e. The molecule has 0 radical (unpaired) electrons. The molecule has 0 amide bonds. The van der Waals surface area contributed by atoms with Crippen LogP contribution in [0, 0.1) is 6.92 Å². The van der Waals surface area contributed by atoms with Crippen LogP contribution in [0.25, 0.3) is 0 Å². The number of nitrogens with one attached hydrogen (secondary N) is 1. The zero-order valence-corrected chi connectivity index (χ0v) is 11.9. The lowest BCUT2D eigenvalue weighted by atomic mass is 10.1. The standard InChI is InChI=1S/C18H23N/c1-15-8-11-18(12-9-15)14-19-16(2)10-13-17-6-4-3-5-7-17/h3-9,11-12,16,19H,10,13-14H2,1-2H3/t16-/m0/s1. The fourth-order valence-corrected chi connectivity index (χ4v) is 2.13. The first-order valence-corrected chi connectivity index (χ1v) is 7.07. The van der Waals surface area contributed by atoms with Gasteiger partial charge in [-0.05, 0) is 37.8 Å². The van der Waals surface area contributed by atoms with E-state index < -0.39 is 0 Å². The number of rotatable bonds is 6. The van der Waals surface area contributed by atoms with Gasteiger partial charge in [0.2, 0.25) is 0 Å². The molecule has 0 bridgehead atoms. The summed E-state index contributed by atoms with van der Waals surface area (Å²) in [5, 5.41) is 3.59. The van der Waals surface area contributed by atoms with E-state index in [1.807, 2.05) is 0 Å². The van der Waals surface area contributed by atoms with Crippen LogP contribution < -0.4 is 5.32 Å². The van der Waals surface area contributed by atoms with E-state index in [0.717, 1.165) is 13.0 Å². The van der Waals surface area contributed by atoms with Crippen molar-refractivity contribution in [3.8, 4) is 0 Å². The summed E-state index contributed by atoms with van der Waals surface area (Å²) < 4.78 is 0. The van der Waals surface area contributed by atoms with E-state index in [-0.39, 0.29) is 0 Å². The van der Waals surface area contributed by atoms with Crippen molar-refractivity contribution >= 4 is 0 Å². The van der Waals surface area contributed by atoms with Gasteiger partial charge >= 0.3 is 0 Å².